The first-order chi connectivity index (χ1) is 16.7. The monoisotopic (exact) mass is 470 g/mol. The van der Waals surface area contributed by atoms with E-state index in [1.165, 1.54) is 0 Å². The second-order valence-electron chi connectivity index (χ2n) is 8.19. The standard InChI is InChI=1S/C27H26N4O2S/c1-33-24-15-13-21(14-16-24)25-28-29-27(31(25)23-7-3-2-4-8-23)34-19-20-9-11-22(12-10-20)26(32)30-17-5-6-18-30/h2-4,7-16H,5-6,17-19H2,1H3. The number of nitrogens with zero attached hydrogens (tertiary/aromatic N) is 4. The van der Waals surface area contributed by atoms with Crippen molar-refractivity contribution in [1.82, 2.24) is 19.7 Å². The Morgan fingerprint density at radius 1 is 0.912 bits per heavy atom. The number of para-hydroxylation sites is 1. The molecule has 7 heteroatoms. The van der Waals surface area contributed by atoms with Gasteiger partial charge >= 0.3 is 0 Å². The number of carbonyl (C=O) groups excluding carboxylic acids is 1. The molecule has 6 nitrogen and oxygen atoms in total. The number of carbonyl (C=O) groups is 1. The lowest BCUT2D eigenvalue weighted by Gasteiger charge is -2.15. The summed E-state index contributed by atoms with van der Waals surface area (Å²) in [5, 5.41) is 9.84. The Kier molecular flexibility index (Phi) is 6.62. The van der Waals surface area contributed by atoms with Crippen LogP contribution in [-0.2, 0) is 5.75 Å². The molecule has 0 unspecified atom stereocenters. The fourth-order valence-corrected chi connectivity index (χ4v) is 5.00. The van der Waals surface area contributed by atoms with Crippen molar-refractivity contribution in [1.29, 1.82) is 0 Å². The number of aromatic nitrogens is 3. The van der Waals surface area contributed by atoms with Gasteiger partial charge in [-0.05, 0) is 66.9 Å². The van der Waals surface area contributed by atoms with E-state index in [2.05, 4.69) is 26.9 Å². The number of thioether (sulfide) groups is 1. The molecule has 1 saturated heterocycles. The molecule has 0 bridgehead atoms. The van der Waals surface area contributed by atoms with Crippen LogP contribution in [0.4, 0.5) is 0 Å². The van der Waals surface area contributed by atoms with Crippen LogP contribution in [0.25, 0.3) is 17.1 Å². The Bertz CT molecular complexity index is 1250. The first-order valence-corrected chi connectivity index (χ1v) is 12.4. The Morgan fingerprint density at radius 2 is 1.62 bits per heavy atom. The summed E-state index contributed by atoms with van der Waals surface area (Å²) in [7, 11) is 1.66. The van der Waals surface area contributed by atoms with Crippen molar-refractivity contribution in [3.63, 3.8) is 0 Å². The van der Waals surface area contributed by atoms with Crippen LogP contribution in [0.15, 0.2) is 84.0 Å². The van der Waals surface area contributed by atoms with Gasteiger partial charge in [0.1, 0.15) is 5.75 Å². The van der Waals surface area contributed by atoms with E-state index in [-0.39, 0.29) is 5.91 Å². The summed E-state index contributed by atoms with van der Waals surface area (Å²) in [4.78, 5) is 14.5. The Labute approximate surface area is 203 Å². The molecule has 5 rings (SSSR count). The lowest BCUT2D eigenvalue weighted by Crippen LogP contribution is -2.27. The molecule has 1 fully saturated rings. The average Bonchev–Trinajstić information content (AvgIpc) is 3.59. The Hall–Kier alpha value is -3.58. The fourth-order valence-electron chi connectivity index (χ4n) is 4.09. The van der Waals surface area contributed by atoms with Gasteiger partial charge in [-0.3, -0.25) is 9.36 Å². The fraction of sp³-hybridized carbons (Fsp3) is 0.222. The van der Waals surface area contributed by atoms with Crippen molar-refractivity contribution < 1.29 is 9.53 Å². The predicted octanol–water partition coefficient (Wildman–Crippen LogP) is 5.47. The maximum absolute atomic E-state index is 12.6. The highest BCUT2D eigenvalue weighted by molar-refractivity contribution is 7.98. The van der Waals surface area contributed by atoms with Crippen molar-refractivity contribution in [2.45, 2.75) is 23.8 Å². The third-order valence-corrected chi connectivity index (χ3v) is 6.96. The molecule has 4 aromatic rings. The first-order valence-electron chi connectivity index (χ1n) is 11.4. The average molecular weight is 471 g/mol. The molecule has 2 heterocycles. The molecule has 1 amide bonds. The molecule has 0 aliphatic carbocycles. The van der Waals surface area contributed by atoms with E-state index in [0.717, 1.165) is 70.8 Å². The molecular weight excluding hydrogens is 444 g/mol. The van der Waals surface area contributed by atoms with Crippen LogP contribution in [0, 0.1) is 0 Å². The third kappa shape index (κ3) is 4.70. The van der Waals surface area contributed by atoms with Crippen molar-refractivity contribution in [2.75, 3.05) is 20.2 Å². The van der Waals surface area contributed by atoms with Crippen molar-refractivity contribution >= 4 is 17.7 Å². The summed E-state index contributed by atoms with van der Waals surface area (Å²) in [6, 6.07) is 25.9. The molecule has 0 atom stereocenters. The number of hydrogen-bond donors (Lipinski definition) is 0. The third-order valence-electron chi connectivity index (χ3n) is 5.96. The van der Waals surface area contributed by atoms with E-state index in [1.807, 2.05) is 71.6 Å². The Morgan fingerprint density at radius 3 is 2.29 bits per heavy atom. The van der Waals surface area contributed by atoms with Crippen molar-refractivity contribution in [2.24, 2.45) is 0 Å². The van der Waals surface area contributed by atoms with E-state index in [4.69, 9.17) is 4.74 Å². The van der Waals surface area contributed by atoms with Gasteiger partial charge in [0.2, 0.25) is 0 Å². The minimum absolute atomic E-state index is 0.129. The molecule has 0 saturated carbocycles. The van der Waals surface area contributed by atoms with Crippen molar-refractivity contribution in [3.8, 4) is 22.8 Å². The van der Waals surface area contributed by atoms with Crippen LogP contribution < -0.4 is 4.74 Å². The smallest absolute Gasteiger partial charge is 0.253 e. The topological polar surface area (TPSA) is 60.3 Å². The number of benzene rings is 3. The summed E-state index contributed by atoms with van der Waals surface area (Å²) in [6.45, 7) is 1.73. The SMILES string of the molecule is COc1ccc(-c2nnc(SCc3ccc(C(=O)N4CCCC4)cc3)n2-c2ccccc2)cc1. The summed E-state index contributed by atoms with van der Waals surface area (Å²) in [5.41, 5.74) is 3.86. The molecule has 0 spiro atoms. The zero-order valence-electron chi connectivity index (χ0n) is 19.1. The molecular formula is C27H26N4O2S. The van der Waals surface area contributed by atoms with E-state index >= 15 is 0 Å². The molecule has 0 radical (unpaired) electrons. The van der Waals surface area contributed by atoms with Crippen LogP contribution in [-0.4, -0.2) is 45.8 Å². The number of rotatable bonds is 7. The van der Waals surface area contributed by atoms with Crippen LogP contribution in [0.5, 0.6) is 5.75 Å². The highest BCUT2D eigenvalue weighted by atomic mass is 32.2. The molecule has 1 aliphatic heterocycles. The quantitative estimate of drug-likeness (QED) is 0.335. The van der Waals surface area contributed by atoms with Crippen LogP contribution in [0.2, 0.25) is 0 Å². The van der Waals surface area contributed by atoms with E-state index in [1.54, 1.807) is 18.9 Å². The van der Waals surface area contributed by atoms with Gasteiger partial charge in [-0.25, -0.2) is 0 Å². The first kappa shape index (κ1) is 22.2. The van der Waals surface area contributed by atoms with E-state index in [9.17, 15) is 4.79 Å². The molecule has 172 valence electrons. The van der Waals surface area contributed by atoms with E-state index in [0.29, 0.717) is 0 Å². The highest BCUT2D eigenvalue weighted by Crippen LogP contribution is 2.30. The number of amides is 1. The highest BCUT2D eigenvalue weighted by Gasteiger charge is 2.20. The van der Waals surface area contributed by atoms with Crippen LogP contribution in [0.1, 0.15) is 28.8 Å². The molecule has 1 aromatic heterocycles. The van der Waals surface area contributed by atoms with Crippen molar-refractivity contribution in [3.05, 3.63) is 90.0 Å². The second-order valence-corrected chi connectivity index (χ2v) is 9.13. The summed E-state index contributed by atoms with van der Waals surface area (Å²) in [5.74, 6) is 2.44. The Balaban J connectivity index is 1.37. The van der Waals surface area contributed by atoms with Gasteiger partial charge in [0, 0.05) is 35.7 Å². The van der Waals surface area contributed by atoms with Gasteiger partial charge in [0.15, 0.2) is 11.0 Å². The lowest BCUT2D eigenvalue weighted by molar-refractivity contribution is 0.0793. The molecule has 0 N–H and O–H groups in total. The van der Waals surface area contributed by atoms with Crippen LogP contribution in [0.3, 0.4) is 0 Å². The van der Waals surface area contributed by atoms with Gasteiger partial charge in [0.25, 0.3) is 5.91 Å². The zero-order valence-corrected chi connectivity index (χ0v) is 19.9. The summed E-state index contributed by atoms with van der Waals surface area (Å²) < 4.78 is 7.38. The molecule has 3 aromatic carbocycles. The number of likely N-dealkylation sites (tertiary alicyclic amines) is 1. The van der Waals surface area contributed by atoms with Gasteiger partial charge in [-0.1, -0.05) is 42.1 Å². The van der Waals surface area contributed by atoms with Crippen LogP contribution >= 0.6 is 11.8 Å². The van der Waals surface area contributed by atoms with Gasteiger partial charge in [-0.2, -0.15) is 0 Å². The lowest BCUT2D eigenvalue weighted by atomic mass is 10.1. The van der Waals surface area contributed by atoms with Gasteiger partial charge < -0.3 is 9.64 Å². The maximum atomic E-state index is 12.6. The molecule has 1 aliphatic rings. The number of methoxy groups -OCH3 is 1. The minimum atomic E-state index is 0.129. The minimum Gasteiger partial charge on any atom is -0.497 e. The summed E-state index contributed by atoms with van der Waals surface area (Å²) >= 11 is 1.63. The summed E-state index contributed by atoms with van der Waals surface area (Å²) in [6.07, 6.45) is 2.20. The van der Waals surface area contributed by atoms with E-state index < -0.39 is 0 Å². The maximum Gasteiger partial charge on any atom is 0.253 e. The number of hydrogen-bond acceptors (Lipinski definition) is 5. The predicted molar refractivity (Wildman–Crippen MR) is 134 cm³/mol. The second kappa shape index (κ2) is 10.1. The largest absolute Gasteiger partial charge is 0.497 e. The zero-order chi connectivity index (χ0) is 23.3. The normalized spacial score (nSPS) is 13.3. The number of ether oxygens (including phenoxy) is 1. The van der Waals surface area contributed by atoms with Gasteiger partial charge in [-0.15, -0.1) is 10.2 Å². The molecule has 34 heavy (non-hydrogen) atoms. The van der Waals surface area contributed by atoms with Gasteiger partial charge in [0.05, 0.1) is 7.11 Å².